The second-order valence-corrected chi connectivity index (χ2v) is 7.40. The van der Waals surface area contributed by atoms with Crippen molar-refractivity contribution in [3.8, 4) is 0 Å². The molecule has 0 spiro atoms. The van der Waals surface area contributed by atoms with Gasteiger partial charge in [-0.15, -0.1) is 0 Å². The lowest BCUT2D eigenvalue weighted by atomic mass is 9.91. The van der Waals surface area contributed by atoms with Crippen molar-refractivity contribution >= 4 is 23.5 Å². The molecule has 7 nitrogen and oxygen atoms in total. The zero-order valence-corrected chi connectivity index (χ0v) is 14.9. The minimum Gasteiger partial charge on any atom is -0.404 e. The van der Waals surface area contributed by atoms with Gasteiger partial charge in [0.2, 0.25) is 0 Å². The summed E-state index contributed by atoms with van der Waals surface area (Å²) < 4.78 is 0. The number of carbonyl (C=O) groups is 1. The van der Waals surface area contributed by atoms with Gasteiger partial charge in [0.05, 0.1) is 17.3 Å². The van der Waals surface area contributed by atoms with Crippen LogP contribution in [-0.4, -0.2) is 35.2 Å². The van der Waals surface area contributed by atoms with Gasteiger partial charge in [-0.3, -0.25) is 9.79 Å². The van der Waals surface area contributed by atoms with E-state index in [0.717, 1.165) is 37.1 Å². The zero-order valence-electron chi connectivity index (χ0n) is 14.9. The van der Waals surface area contributed by atoms with Crippen LogP contribution in [0.3, 0.4) is 0 Å². The fourth-order valence-corrected chi connectivity index (χ4v) is 3.66. The summed E-state index contributed by atoms with van der Waals surface area (Å²) in [5, 5.41) is 6.36. The number of hydrogen-bond acceptors (Lipinski definition) is 6. The third kappa shape index (κ3) is 3.44. The summed E-state index contributed by atoms with van der Waals surface area (Å²) in [4.78, 5) is 21.5. The Kier molecular flexibility index (Phi) is 4.63. The molecule has 0 aromatic carbocycles. The van der Waals surface area contributed by atoms with Crippen LogP contribution < -0.4 is 22.1 Å². The van der Waals surface area contributed by atoms with Crippen LogP contribution >= 0.6 is 0 Å². The number of aromatic nitrogens is 1. The van der Waals surface area contributed by atoms with Gasteiger partial charge in [-0.05, 0) is 37.3 Å². The summed E-state index contributed by atoms with van der Waals surface area (Å²) in [6.45, 7) is 0.507. The Bertz CT molecular complexity index is 768. The third-order valence-corrected chi connectivity index (χ3v) is 5.34. The summed E-state index contributed by atoms with van der Waals surface area (Å²) in [6, 6.07) is 2.67. The first-order valence-corrected chi connectivity index (χ1v) is 9.45. The number of amides is 1. The first-order valence-electron chi connectivity index (χ1n) is 9.45. The van der Waals surface area contributed by atoms with Crippen LogP contribution in [0.15, 0.2) is 17.3 Å². The predicted octanol–water partition coefficient (Wildman–Crippen LogP) is 1.54. The van der Waals surface area contributed by atoms with Crippen molar-refractivity contribution in [2.45, 2.75) is 63.2 Å². The average Bonchev–Trinajstić information content (AvgIpc) is 3.39. The van der Waals surface area contributed by atoms with Crippen LogP contribution in [0, 0.1) is 0 Å². The number of allylic oxidation sites excluding steroid dienone is 1. The number of nitrogens with one attached hydrogen (secondary N) is 2. The zero-order chi connectivity index (χ0) is 18.1. The normalized spacial score (nSPS) is 26.0. The molecule has 0 radical (unpaired) electrons. The Morgan fingerprint density at radius 1 is 1.31 bits per heavy atom. The van der Waals surface area contributed by atoms with E-state index in [9.17, 15) is 4.79 Å². The number of nitrogens with two attached hydrogens (primary N) is 2. The Morgan fingerprint density at radius 3 is 2.85 bits per heavy atom. The molecule has 2 saturated carbocycles. The summed E-state index contributed by atoms with van der Waals surface area (Å²) >= 11 is 0. The van der Waals surface area contributed by atoms with E-state index in [2.05, 4.69) is 15.6 Å². The lowest BCUT2D eigenvalue weighted by Crippen LogP contribution is -2.42. The molecule has 2 fully saturated rings. The summed E-state index contributed by atoms with van der Waals surface area (Å²) in [6.07, 6.45) is 9.87. The highest BCUT2D eigenvalue weighted by Gasteiger charge is 2.28. The lowest BCUT2D eigenvalue weighted by molar-refractivity contribution is 0.0965. The van der Waals surface area contributed by atoms with Crippen LogP contribution in [0.4, 0.5) is 5.82 Å². The van der Waals surface area contributed by atoms with Crippen molar-refractivity contribution in [1.29, 1.82) is 0 Å². The van der Waals surface area contributed by atoms with E-state index < -0.39 is 0 Å². The first kappa shape index (κ1) is 17.0. The van der Waals surface area contributed by atoms with Gasteiger partial charge in [-0.25, -0.2) is 4.98 Å². The molecule has 2 aliphatic carbocycles. The molecular weight excluding hydrogens is 328 g/mol. The quantitative estimate of drug-likeness (QED) is 0.598. The molecule has 3 aliphatic rings. The summed E-state index contributed by atoms with van der Waals surface area (Å²) in [5.74, 6) is 0.638. The lowest BCUT2D eigenvalue weighted by Gasteiger charge is -2.30. The van der Waals surface area contributed by atoms with E-state index in [1.807, 2.05) is 6.07 Å². The van der Waals surface area contributed by atoms with Crippen LogP contribution in [0.2, 0.25) is 0 Å². The standard InChI is InChI=1S/C19H26N6O/c20-8-12(10-22-13-5-6-13)18-17-11(9-23-19(17)26)7-16(25-18)24-15-4-2-1-3-14(15)21/h7-8,10,13-15H,1-6,9,20-21H2,(H,23,26)(H,24,25)/b12-8+,22-10?/t14-,15+/m0/s1. The molecule has 1 aromatic heterocycles. The van der Waals surface area contributed by atoms with Gasteiger partial charge >= 0.3 is 0 Å². The van der Waals surface area contributed by atoms with Crippen molar-refractivity contribution in [1.82, 2.24) is 10.3 Å². The Hall–Kier alpha value is -2.41. The van der Waals surface area contributed by atoms with Crippen molar-refractivity contribution < 1.29 is 4.79 Å². The van der Waals surface area contributed by atoms with Gasteiger partial charge in [0.1, 0.15) is 5.82 Å². The number of rotatable bonds is 5. The average molecular weight is 354 g/mol. The predicted molar refractivity (Wildman–Crippen MR) is 103 cm³/mol. The largest absolute Gasteiger partial charge is 0.404 e. The Morgan fingerprint density at radius 2 is 2.12 bits per heavy atom. The van der Waals surface area contributed by atoms with Crippen molar-refractivity contribution in [3.63, 3.8) is 0 Å². The molecular formula is C19H26N6O. The van der Waals surface area contributed by atoms with Crippen LogP contribution in [0.1, 0.15) is 60.1 Å². The molecule has 6 N–H and O–H groups in total. The number of pyridine rings is 1. The van der Waals surface area contributed by atoms with Gasteiger partial charge in [0.25, 0.3) is 5.91 Å². The monoisotopic (exact) mass is 354 g/mol. The first-order chi connectivity index (χ1) is 12.7. The molecule has 2 heterocycles. The van der Waals surface area contributed by atoms with Crippen LogP contribution in [-0.2, 0) is 6.54 Å². The van der Waals surface area contributed by atoms with E-state index in [4.69, 9.17) is 16.5 Å². The maximum absolute atomic E-state index is 12.3. The Labute approximate surface area is 153 Å². The van der Waals surface area contributed by atoms with E-state index in [0.29, 0.717) is 29.4 Å². The second-order valence-electron chi connectivity index (χ2n) is 7.40. The van der Waals surface area contributed by atoms with Crippen molar-refractivity contribution in [3.05, 3.63) is 29.1 Å². The number of anilines is 1. The van der Waals surface area contributed by atoms with Gasteiger partial charge in [0.15, 0.2) is 0 Å². The molecule has 7 heteroatoms. The van der Waals surface area contributed by atoms with Crippen LogP contribution in [0.25, 0.3) is 5.57 Å². The topological polar surface area (TPSA) is 118 Å². The minimum atomic E-state index is -0.109. The van der Waals surface area contributed by atoms with E-state index in [1.165, 1.54) is 19.0 Å². The molecule has 1 amide bonds. The highest BCUT2D eigenvalue weighted by molar-refractivity contribution is 6.14. The van der Waals surface area contributed by atoms with E-state index in [1.54, 1.807) is 6.21 Å². The molecule has 0 bridgehead atoms. The summed E-state index contributed by atoms with van der Waals surface area (Å²) in [7, 11) is 0. The number of fused-ring (bicyclic) bond motifs is 1. The maximum atomic E-state index is 12.3. The van der Waals surface area contributed by atoms with E-state index >= 15 is 0 Å². The fourth-order valence-electron chi connectivity index (χ4n) is 3.66. The number of nitrogens with zero attached hydrogens (tertiary/aromatic N) is 2. The highest BCUT2D eigenvalue weighted by Crippen LogP contribution is 2.29. The molecule has 1 aromatic rings. The molecule has 1 aliphatic heterocycles. The molecule has 0 saturated heterocycles. The van der Waals surface area contributed by atoms with Gasteiger partial charge in [0, 0.05) is 36.6 Å². The molecule has 138 valence electrons. The smallest absolute Gasteiger partial charge is 0.254 e. The molecule has 26 heavy (non-hydrogen) atoms. The SMILES string of the molecule is N/C=C(\C=NC1CC1)c1nc(N[C@@H]2CCCC[C@@H]2N)cc2c1C(=O)NC2. The van der Waals surface area contributed by atoms with Gasteiger partial charge in [-0.2, -0.15) is 0 Å². The fraction of sp³-hybridized carbons (Fsp3) is 0.526. The highest BCUT2D eigenvalue weighted by atomic mass is 16.1. The van der Waals surface area contributed by atoms with E-state index in [-0.39, 0.29) is 18.0 Å². The summed E-state index contributed by atoms with van der Waals surface area (Å²) in [5.41, 5.74) is 14.9. The second kappa shape index (κ2) is 7.07. The molecule has 4 rings (SSSR count). The van der Waals surface area contributed by atoms with Crippen molar-refractivity contribution in [2.75, 3.05) is 5.32 Å². The minimum absolute atomic E-state index is 0.109. The Balaban J connectivity index is 1.67. The third-order valence-electron chi connectivity index (χ3n) is 5.34. The molecule has 2 atom stereocenters. The van der Waals surface area contributed by atoms with Gasteiger partial charge < -0.3 is 22.1 Å². The number of hydrogen-bond donors (Lipinski definition) is 4. The number of carbonyl (C=O) groups excluding carboxylic acids is 1. The van der Waals surface area contributed by atoms with Crippen LogP contribution in [0.5, 0.6) is 0 Å². The van der Waals surface area contributed by atoms with Crippen molar-refractivity contribution in [2.24, 2.45) is 16.5 Å². The number of aliphatic imine (C=N–C) groups is 1. The maximum Gasteiger partial charge on any atom is 0.254 e. The van der Waals surface area contributed by atoms with Gasteiger partial charge in [-0.1, -0.05) is 12.8 Å². The molecule has 0 unspecified atom stereocenters.